The number of aromatic nitrogens is 1. The molecule has 0 aliphatic rings. The first-order chi connectivity index (χ1) is 13.1. The second-order valence-electron chi connectivity index (χ2n) is 6.61. The van der Waals surface area contributed by atoms with Crippen LogP contribution in [0.5, 0.6) is 0 Å². The molecule has 0 radical (unpaired) electrons. The number of amides is 1. The molecule has 0 aliphatic heterocycles. The van der Waals surface area contributed by atoms with E-state index in [0.717, 1.165) is 29.9 Å². The number of hydrogen-bond donors (Lipinski definition) is 0. The molecule has 0 fully saturated rings. The fraction of sp³-hybridized carbons (Fsp3) is 0.364. The van der Waals surface area contributed by atoms with Gasteiger partial charge >= 0.3 is 0 Å². The Morgan fingerprint density at radius 1 is 1.15 bits per heavy atom. The van der Waals surface area contributed by atoms with Gasteiger partial charge in [0.1, 0.15) is 0 Å². The number of hydrogen-bond acceptors (Lipinski definition) is 3. The number of carbonyl (C=O) groups is 1. The highest BCUT2D eigenvalue weighted by Gasteiger charge is 2.08. The quantitative estimate of drug-likeness (QED) is 0.486. The van der Waals surface area contributed by atoms with E-state index in [9.17, 15) is 4.79 Å². The van der Waals surface area contributed by atoms with Crippen LogP contribution in [0.2, 0.25) is 0 Å². The van der Waals surface area contributed by atoms with Crippen molar-refractivity contribution in [2.45, 2.75) is 51.5 Å². The summed E-state index contributed by atoms with van der Waals surface area (Å²) in [5.74, 6) is 0.714. The number of benzene rings is 2. The van der Waals surface area contributed by atoms with Crippen LogP contribution < -0.4 is 4.80 Å². The van der Waals surface area contributed by atoms with E-state index in [2.05, 4.69) is 72.8 Å². The molecule has 142 valence electrons. The Kier molecular flexibility index (Phi) is 6.91. The molecule has 5 heteroatoms. The third-order valence-electron chi connectivity index (χ3n) is 4.43. The predicted octanol–water partition coefficient (Wildman–Crippen LogP) is 5.59. The Labute approximate surface area is 169 Å². The van der Waals surface area contributed by atoms with E-state index in [4.69, 9.17) is 0 Å². The number of rotatable bonds is 7. The minimum Gasteiger partial charge on any atom is -0.316 e. The fourth-order valence-corrected chi connectivity index (χ4v) is 4.89. The third-order valence-corrected chi connectivity index (χ3v) is 6.48. The first-order valence-electron chi connectivity index (χ1n) is 9.50. The van der Waals surface area contributed by atoms with Gasteiger partial charge in [-0.25, -0.2) is 0 Å². The first-order valence-corrected chi connectivity index (χ1v) is 11.3. The van der Waals surface area contributed by atoms with Crippen LogP contribution in [0.25, 0.3) is 10.2 Å². The minimum absolute atomic E-state index is 0.0401. The Balaban J connectivity index is 1.76. The minimum atomic E-state index is -0.0401. The predicted molar refractivity (Wildman–Crippen MR) is 117 cm³/mol. The molecule has 3 nitrogen and oxygen atoms in total. The molecular formula is C22H26N2OS2. The Hall–Kier alpha value is -1.85. The molecule has 1 heterocycles. The summed E-state index contributed by atoms with van der Waals surface area (Å²) in [6, 6.07) is 15.0. The monoisotopic (exact) mass is 398 g/mol. The van der Waals surface area contributed by atoms with E-state index in [-0.39, 0.29) is 5.91 Å². The van der Waals surface area contributed by atoms with E-state index < -0.39 is 0 Å². The molecule has 0 N–H and O–H groups in total. The zero-order valence-corrected chi connectivity index (χ0v) is 17.8. The van der Waals surface area contributed by atoms with Crippen LogP contribution >= 0.6 is 23.1 Å². The number of carbonyl (C=O) groups excluding carboxylic acids is 1. The molecule has 0 unspecified atom stereocenters. The lowest BCUT2D eigenvalue weighted by molar-refractivity contribution is -0.117. The number of nitrogens with zero attached hydrogens (tertiary/aromatic N) is 2. The van der Waals surface area contributed by atoms with Gasteiger partial charge in [0, 0.05) is 23.6 Å². The molecule has 0 aliphatic carbocycles. The third kappa shape index (κ3) is 5.11. The van der Waals surface area contributed by atoms with Crippen molar-refractivity contribution in [3.63, 3.8) is 0 Å². The second kappa shape index (κ2) is 9.38. The summed E-state index contributed by atoms with van der Waals surface area (Å²) in [6.07, 6.45) is 2.49. The van der Waals surface area contributed by atoms with Crippen molar-refractivity contribution in [2.24, 2.45) is 4.99 Å². The summed E-state index contributed by atoms with van der Waals surface area (Å²) in [6.45, 7) is 7.28. The lowest BCUT2D eigenvalue weighted by Gasteiger charge is -2.03. The van der Waals surface area contributed by atoms with Crippen LogP contribution in [0.4, 0.5) is 0 Å². The molecule has 3 rings (SSSR count). The molecule has 2 aromatic carbocycles. The molecular weight excluding hydrogens is 372 g/mol. The van der Waals surface area contributed by atoms with Crippen LogP contribution in [0, 0.1) is 6.92 Å². The van der Waals surface area contributed by atoms with Gasteiger partial charge in [-0.2, -0.15) is 4.99 Å². The molecule has 27 heavy (non-hydrogen) atoms. The van der Waals surface area contributed by atoms with E-state index in [1.807, 2.05) is 0 Å². The van der Waals surface area contributed by atoms with Crippen molar-refractivity contribution in [3.05, 3.63) is 58.4 Å². The number of fused-ring (bicyclic) bond motifs is 1. The number of aryl methyl sites for hydroxylation is 3. The molecule has 0 saturated carbocycles. The molecule has 1 aromatic heterocycles. The van der Waals surface area contributed by atoms with Crippen molar-refractivity contribution >= 4 is 39.2 Å². The Bertz CT molecular complexity index is 984. The van der Waals surface area contributed by atoms with Gasteiger partial charge in [-0.1, -0.05) is 48.9 Å². The molecule has 3 aromatic rings. The standard InChI is InChI=1S/C22H26N2OS2/c1-4-13-24-19-11-8-17(5-2)15-20(19)27-22(24)23-21(25)12-14-26-18-9-6-16(3)7-10-18/h6-11,15H,4-5,12-14H2,1-3H3. The fourth-order valence-electron chi connectivity index (χ4n) is 2.92. The van der Waals surface area contributed by atoms with Crippen molar-refractivity contribution in [1.82, 2.24) is 4.57 Å². The van der Waals surface area contributed by atoms with E-state index >= 15 is 0 Å². The van der Waals surface area contributed by atoms with Gasteiger partial charge in [0.15, 0.2) is 4.80 Å². The van der Waals surface area contributed by atoms with Crippen LogP contribution in [0.3, 0.4) is 0 Å². The van der Waals surface area contributed by atoms with Crippen LogP contribution in [-0.4, -0.2) is 16.2 Å². The normalized spacial score (nSPS) is 12.0. The summed E-state index contributed by atoms with van der Waals surface area (Å²) in [5.41, 5.74) is 3.75. The molecule has 0 spiro atoms. The molecule has 0 bridgehead atoms. The molecule has 1 amide bonds. The highest BCUT2D eigenvalue weighted by atomic mass is 32.2. The summed E-state index contributed by atoms with van der Waals surface area (Å²) in [5, 5.41) is 0. The lowest BCUT2D eigenvalue weighted by atomic mass is 10.2. The summed E-state index contributed by atoms with van der Waals surface area (Å²) >= 11 is 3.33. The zero-order chi connectivity index (χ0) is 19.2. The largest absolute Gasteiger partial charge is 0.316 e. The van der Waals surface area contributed by atoms with Crippen molar-refractivity contribution in [3.8, 4) is 0 Å². The van der Waals surface area contributed by atoms with Crippen LogP contribution in [-0.2, 0) is 17.8 Å². The highest BCUT2D eigenvalue weighted by Crippen LogP contribution is 2.21. The maximum atomic E-state index is 12.4. The molecule has 0 saturated heterocycles. The average Bonchev–Trinajstić information content (AvgIpc) is 3.00. The van der Waals surface area contributed by atoms with E-state index in [1.54, 1.807) is 23.1 Å². The average molecular weight is 399 g/mol. The topological polar surface area (TPSA) is 34.4 Å². The van der Waals surface area contributed by atoms with Crippen LogP contribution in [0.1, 0.15) is 37.8 Å². The smallest absolute Gasteiger partial charge is 0.249 e. The van der Waals surface area contributed by atoms with Crippen LogP contribution in [0.15, 0.2) is 52.4 Å². The number of thiazole rings is 1. The van der Waals surface area contributed by atoms with Crippen molar-refractivity contribution in [1.29, 1.82) is 0 Å². The van der Waals surface area contributed by atoms with Gasteiger partial charge in [0.05, 0.1) is 10.2 Å². The van der Waals surface area contributed by atoms with E-state index in [0.29, 0.717) is 6.42 Å². The zero-order valence-electron chi connectivity index (χ0n) is 16.2. The summed E-state index contributed by atoms with van der Waals surface area (Å²) < 4.78 is 3.40. The van der Waals surface area contributed by atoms with Crippen molar-refractivity contribution in [2.75, 3.05) is 5.75 Å². The summed E-state index contributed by atoms with van der Waals surface area (Å²) in [7, 11) is 0. The number of thioether (sulfide) groups is 1. The maximum absolute atomic E-state index is 12.4. The van der Waals surface area contributed by atoms with Gasteiger partial charge in [0.25, 0.3) is 0 Å². The Morgan fingerprint density at radius 3 is 2.63 bits per heavy atom. The lowest BCUT2D eigenvalue weighted by Crippen LogP contribution is -2.16. The second-order valence-corrected chi connectivity index (χ2v) is 8.79. The van der Waals surface area contributed by atoms with E-state index in [1.165, 1.54) is 26.2 Å². The maximum Gasteiger partial charge on any atom is 0.249 e. The van der Waals surface area contributed by atoms with Crippen molar-refractivity contribution < 1.29 is 4.79 Å². The molecule has 0 atom stereocenters. The van der Waals surface area contributed by atoms with Gasteiger partial charge in [-0.05, 0) is 49.6 Å². The summed E-state index contributed by atoms with van der Waals surface area (Å²) in [4.78, 5) is 18.9. The van der Waals surface area contributed by atoms with Gasteiger partial charge in [-0.3, -0.25) is 4.79 Å². The van der Waals surface area contributed by atoms with Gasteiger partial charge < -0.3 is 4.57 Å². The van der Waals surface area contributed by atoms with Gasteiger partial charge in [0.2, 0.25) is 5.91 Å². The SMILES string of the molecule is CCCn1c(=NC(=O)CCSc2ccc(C)cc2)sc2cc(CC)ccc21. The van der Waals surface area contributed by atoms with Gasteiger partial charge in [-0.15, -0.1) is 11.8 Å². The Morgan fingerprint density at radius 2 is 1.93 bits per heavy atom. The highest BCUT2D eigenvalue weighted by molar-refractivity contribution is 7.99. The first kappa shape index (κ1) is 19.9.